The quantitative estimate of drug-likeness (QED) is 0.0777. The maximum atomic E-state index is 12.1. The van der Waals surface area contributed by atoms with Crippen molar-refractivity contribution in [2.75, 3.05) is 38.6 Å². The fourth-order valence-electron chi connectivity index (χ4n) is 4.63. The van der Waals surface area contributed by atoms with Crippen molar-refractivity contribution in [3.05, 3.63) is 82.1 Å². The van der Waals surface area contributed by atoms with Crippen LogP contribution in [-0.4, -0.2) is 85.0 Å². The second-order valence-corrected chi connectivity index (χ2v) is 10.9. The summed E-state index contributed by atoms with van der Waals surface area (Å²) >= 11 is 13.4. The average molecular weight is 718 g/mol. The van der Waals surface area contributed by atoms with Crippen molar-refractivity contribution in [1.82, 2.24) is 30.0 Å². The van der Waals surface area contributed by atoms with Crippen LogP contribution in [-0.2, 0) is 27.4 Å². The lowest BCUT2D eigenvalue weighted by molar-refractivity contribution is -0.309. The van der Waals surface area contributed by atoms with Gasteiger partial charge < -0.3 is 55.3 Å². The number of hydrogen-bond acceptors (Lipinski definition) is 15. The topological polar surface area (TPSA) is 227 Å². The normalized spacial score (nSPS) is 14.0. The van der Waals surface area contributed by atoms with E-state index in [2.05, 4.69) is 42.3 Å². The minimum absolute atomic E-state index is 0.168. The SMILES string of the molecule is C=CC(=O)NC1=C(Nc2ncc3cc(-c4c(Cl)c(OC)cc(OC)c4Cl)nc(NCc4cnn(CCOC)c4)c3n2)C(O)(O)OC(O)=C1O. The van der Waals surface area contributed by atoms with Crippen molar-refractivity contribution in [3.8, 4) is 22.8 Å². The lowest BCUT2D eigenvalue weighted by Crippen LogP contribution is -2.44. The van der Waals surface area contributed by atoms with Gasteiger partial charge in [-0.3, -0.25) is 9.48 Å². The van der Waals surface area contributed by atoms with Gasteiger partial charge in [-0.15, -0.1) is 0 Å². The zero-order chi connectivity index (χ0) is 35.5. The number of nitrogens with zero attached hydrogens (tertiary/aromatic N) is 5. The van der Waals surface area contributed by atoms with Gasteiger partial charge in [0, 0.05) is 48.6 Å². The second kappa shape index (κ2) is 14.4. The fourth-order valence-corrected chi connectivity index (χ4v) is 5.32. The van der Waals surface area contributed by atoms with Gasteiger partial charge in [-0.05, 0) is 12.1 Å². The van der Waals surface area contributed by atoms with Crippen LogP contribution >= 0.6 is 23.2 Å². The van der Waals surface area contributed by atoms with Crippen molar-refractivity contribution in [1.29, 1.82) is 0 Å². The molecule has 49 heavy (non-hydrogen) atoms. The number of fused-ring (bicyclic) bond motifs is 1. The molecule has 0 bridgehead atoms. The molecular formula is C30H30Cl2N8O9. The standard InChI is InChI=1S/C30H30Cl2N8O9/c1-5-19(41)37-24-25(42)28(43)49-30(44,45)26(24)39-29-34-12-15-8-16(20-21(31)17(47-3)9-18(48-4)22(20)32)36-27(23(15)38-29)33-10-14-11-35-40(13-14)6-7-46-2/h5,8-9,11-13,42-45H,1,6-7,10H2,2-4H3,(H,33,36)(H,37,41)(H,34,38,39). The summed E-state index contributed by atoms with van der Waals surface area (Å²) < 4.78 is 22.3. The highest BCUT2D eigenvalue weighted by molar-refractivity contribution is 6.41. The van der Waals surface area contributed by atoms with Gasteiger partial charge in [-0.25, -0.2) is 15.0 Å². The molecule has 0 unspecified atom stereocenters. The molecule has 1 aromatic carbocycles. The van der Waals surface area contributed by atoms with E-state index in [0.717, 1.165) is 11.6 Å². The lowest BCUT2D eigenvalue weighted by Gasteiger charge is -2.30. The summed E-state index contributed by atoms with van der Waals surface area (Å²) in [5.41, 5.74) is 0.252. The number of aliphatic hydroxyl groups excluding tert-OH is 2. The van der Waals surface area contributed by atoms with Crippen LogP contribution in [0.2, 0.25) is 10.0 Å². The lowest BCUT2D eigenvalue weighted by atomic mass is 10.1. The van der Waals surface area contributed by atoms with Crippen molar-refractivity contribution in [3.63, 3.8) is 0 Å². The van der Waals surface area contributed by atoms with Crippen LogP contribution in [0.1, 0.15) is 5.56 Å². The molecule has 5 rings (SSSR count). The molecule has 0 spiro atoms. The highest BCUT2D eigenvalue weighted by Gasteiger charge is 2.43. The van der Waals surface area contributed by atoms with E-state index in [9.17, 15) is 25.2 Å². The van der Waals surface area contributed by atoms with Crippen molar-refractivity contribution in [2.45, 2.75) is 19.1 Å². The minimum atomic E-state index is -3.27. The third-order valence-electron chi connectivity index (χ3n) is 6.99. The summed E-state index contributed by atoms with van der Waals surface area (Å²) in [5, 5.41) is 54.5. The van der Waals surface area contributed by atoms with Gasteiger partial charge in [-0.1, -0.05) is 29.8 Å². The highest BCUT2D eigenvalue weighted by atomic mass is 35.5. The van der Waals surface area contributed by atoms with E-state index in [1.54, 1.807) is 30.1 Å². The Hall–Kier alpha value is -5.33. The Bertz CT molecular complexity index is 1970. The van der Waals surface area contributed by atoms with E-state index < -0.39 is 35.0 Å². The molecule has 0 fully saturated rings. The predicted molar refractivity (Wildman–Crippen MR) is 177 cm³/mol. The Balaban J connectivity index is 1.64. The number of pyridine rings is 1. The molecule has 4 heterocycles. The van der Waals surface area contributed by atoms with E-state index in [0.29, 0.717) is 29.8 Å². The highest BCUT2D eigenvalue weighted by Crippen LogP contribution is 2.46. The molecule has 17 nitrogen and oxygen atoms in total. The maximum absolute atomic E-state index is 12.1. The second-order valence-electron chi connectivity index (χ2n) is 10.2. The zero-order valence-electron chi connectivity index (χ0n) is 26.1. The first-order chi connectivity index (χ1) is 23.4. The number of aromatic nitrogens is 5. The van der Waals surface area contributed by atoms with Crippen LogP contribution in [0.5, 0.6) is 11.5 Å². The van der Waals surface area contributed by atoms with E-state index in [4.69, 9.17) is 42.4 Å². The fraction of sp³-hybridized carbons (Fsp3) is 0.233. The van der Waals surface area contributed by atoms with Gasteiger partial charge in [0.25, 0.3) is 0 Å². The van der Waals surface area contributed by atoms with Gasteiger partial charge in [-0.2, -0.15) is 5.10 Å². The number of anilines is 2. The summed E-state index contributed by atoms with van der Waals surface area (Å²) in [6, 6.07) is 3.16. The predicted octanol–water partition coefficient (Wildman–Crippen LogP) is 3.35. The number of halogens is 2. The van der Waals surface area contributed by atoms with E-state index in [1.165, 1.54) is 20.4 Å². The number of hydrogen-bond donors (Lipinski definition) is 7. The summed E-state index contributed by atoms with van der Waals surface area (Å²) in [5.74, 6) is -5.89. The summed E-state index contributed by atoms with van der Waals surface area (Å²) in [6.07, 6.45) is 5.74. The average Bonchev–Trinajstić information content (AvgIpc) is 3.54. The van der Waals surface area contributed by atoms with E-state index >= 15 is 0 Å². The molecule has 1 amide bonds. The maximum Gasteiger partial charge on any atom is 0.371 e. The molecule has 3 aromatic heterocycles. The number of methoxy groups -OCH3 is 3. The zero-order valence-corrected chi connectivity index (χ0v) is 27.6. The Morgan fingerprint density at radius 2 is 1.82 bits per heavy atom. The van der Waals surface area contributed by atoms with Gasteiger partial charge in [0.15, 0.2) is 5.82 Å². The van der Waals surface area contributed by atoms with Crippen LogP contribution in [0, 0.1) is 0 Å². The van der Waals surface area contributed by atoms with Gasteiger partial charge in [0.2, 0.25) is 17.6 Å². The molecule has 0 atom stereocenters. The largest absolute Gasteiger partial charge is 0.500 e. The summed E-state index contributed by atoms with van der Waals surface area (Å²) in [4.78, 5) is 25.6. The van der Waals surface area contributed by atoms with Crippen molar-refractivity contribution in [2.24, 2.45) is 0 Å². The van der Waals surface area contributed by atoms with Crippen LogP contribution in [0.25, 0.3) is 22.2 Å². The van der Waals surface area contributed by atoms with Crippen LogP contribution in [0.3, 0.4) is 0 Å². The molecule has 19 heteroatoms. The number of amides is 1. The third-order valence-corrected chi connectivity index (χ3v) is 7.74. The van der Waals surface area contributed by atoms with E-state index in [1.807, 2.05) is 6.20 Å². The first-order valence-corrected chi connectivity index (χ1v) is 14.9. The smallest absolute Gasteiger partial charge is 0.371 e. The molecular weight excluding hydrogens is 687 g/mol. The molecule has 1 aliphatic heterocycles. The molecule has 258 valence electrons. The van der Waals surface area contributed by atoms with Crippen molar-refractivity contribution < 1.29 is 44.2 Å². The van der Waals surface area contributed by atoms with Gasteiger partial charge in [0.1, 0.15) is 28.4 Å². The molecule has 0 saturated heterocycles. The number of ether oxygens (including phenoxy) is 4. The Morgan fingerprint density at radius 1 is 1.10 bits per heavy atom. The van der Waals surface area contributed by atoms with Crippen LogP contribution < -0.4 is 25.4 Å². The molecule has 4 aromatic rings. The molecule has 0 saturated carbocycles. The molecule has 1 aliphatic rings. The number of nitrogens with one attached hydrogen (secondary N) is 3. The number of carbonyl (C=O) groups excluding carboxylic acids is 1. The summed E-state index contributed by atoms with van der Waals surface area (Å²) in [6.45, 7) is 4.57. The molecule has 0 aliphatic carbocycles. The monoisotopic (exact) mass is 716 g/mol. The minimum Gasteiger partial charge on any atom is -0.500 e. The van der Waals surface area contributed by atoms with Crippen LogP contribution in [0.4, 0.5) is 11.8 Å². The number of benzene rings is 1. The number of aliphatic hydroxyl groups is 4. The molecule has 7 N–H and O–H groups in total. The van der Waals surface area contributed by atoms with Gasteiger partial charge in [0.05, 0.1) is 49.3 Å². The van der Waals surface area contributed by atoms with Gasteiger partial charge >= 0.3 is 11.9 Å². The first-order valence-electron chi connectivity index (χ1n) is 14.1. The first kappa shape index (κ1) is 35.0. The summed E-state index contributed by atoms with van der Waals surface area (Å²) in [7, 11) is 4.48. The Kier molecular flexibility index (Phi) is 10.3. The molecule has 0 radical (unpaired) electrons. The third kappa shape index (κ3) is 7.25. The number of carbonyl (C=O) groups is 1. The Morgan fingerprint density at radius 3 is 2.47 bits per heavy atom. The number of rotatable bonds is 13. The van der Waals surface area contributed by atoms with E-state index in [-0.39, 0.29) is 45.4 Å². The Labute approximate surface area is 288 Å². The van der Waals surface area contributed by atoms with Crippen molar-refractivity contribution >= 4 is 51.8 Å². The van der Waals surface area contributed by atoms with Crippen LogP contribution in [0.15, 0.2) is 66.5 Å².